The number of aliphatic carboxylic acids is 1. The van der Waals surface area contributed by atoms with Gasteiger partial charge in [0.15, 0.2) is 0 Å². The van der Waals surface area contributed by atoms with Crippen molar-refractivity contribution < 1.29 is 19.4 Å². The third-order valence-electron chi connectivity index (χ3n) is 1.21. The Morgan fingerprint density at radius 2 is 1.77 bits per heavy atom. The Morgan fingerprint density at radius 3 is 2.08 bits per heavy atom. The molecule has 4 heteroatoms. The molecule has 78 valence electrons. The van der Waals surface area contributed by atoms with E-state index in [-0.39, 0.29) is 5.97 Å². The van der Waals surface area contributed by atoms with Gasteiger partial charge in [0.1, 0.15) is 0 Å². The van der Waals surface area contributed by atoms with Gasteiger partial charge in [-0.3, -0.25) is 9.59 Å². The average Bonchev–Trinajstić information content (AvgIpc) is 2.03. The fraction of sp³-hybridized carbons (Fsp3) is 0.778. The minimum atomic E-state index is -0.833. The number of carbonyl (C=O) groups is 2. The van der Waals surface area contributed by atoms with Crippen molar-refractivity contribution in [3.63, 3.8) is 0 Å². The van der Waals surface area contributed by atoms with Gasteiger partial charge in [-0.2, -0.15) is 0 Å². The SMILES string of the molecule is CC(=O)O.CCCCCC(=O)OC. The van der Waals surface area contributed by atoms with E-state index >= 15 is 0 Å². The second kappa shape index (κ2) is 10.9. The van der Waals surface area contributed by atoms with Crippen LogP contribution >= 0.6 is 0 Å². The van der Waals surface area contributed by atoms with Crippen molar-refractivity contribution in [3.05, 3.63) is 0 Å². The molecule has 0 bridgehead atoms. The predicted octanol–water partition coefficient (Wildman–Crippen LogP) is 1.83. The van der Waals surface area contributed by atoms with Gasteiger partial charge in [-0.1, -0.05) is 19.8 Å². The van der Waals surface area contributed by atoms with E-state index in [0.717, 1.165) is 26.2 Å². The minimum absolute atomic E-state index is 0.0940. The molecule has 0 atom stereocenters. The number of esters is 1. The highest BCUT2D eigenvalue weighted by atomic mass is 16.5. The number of unbranched alkanes of at least 4 members (excludes halogenated alkanes) is 2. The molecule has 0 aromatic heterocycles. The van der Waals surface area contributed by atoms with E-state index in [1.807, 2.05) is 0 Å². The topological polar surface area (TPSA) is 63.6 Å². The number of ether oxygens (including phenoxy) is 1. The summed E-state index contributed by atoms with van der Waals surface area (Å²) in [5.74, 6) is -0.927. The second-order valence-electron chi connectivity index (χ2n) is 2.55. The zero-order valence-corrected chi connectivity index (χ0v) is 8.50. The zero-order chi connectivity index (χ0) is 10.7. The van der Waals surface area contributed by atoms with Gasteiger partial charge >= 0.3 is 5.97 Å². The van der Waals surface area contributed by atoms with Crippen LogP contribution in [-0.2, 0) is 14.3 Å². The van der Waals surface area contributed by atoms with Gasteiger partial charge < -0.3 is 9.84 Å². The summed E-state index contributed by atoms with van der Waals surface area (Å²) in [5, 5.41) is 7.42. The van der Waals surface area contributed by atoms with Crippen molar-refractivity contribution in [1.29, 1.82) is 0 Å². The monoisotopic (exact) mass is 190 g/mol. The number of rotatable bonds is 4. The van der Waals surface area contributed by atoms with Gasteiger partial charge in [-0.25, -0.2) is 0 Å². The molecule has 0 amide bonds. The maximum absolute atomic E-state index is 10.5. The van der Waals surface area contributed by atoms with Crippen LogP contribution in [0.2, 0.25) is 0 Å². The molecular formula is C9H18O4. The Balaban J connectivity index is 0. The van der Waals surface area contributed by atoms with Crippen LogP contribution in [0, 0.1) is 0 Å². The van der Waals surface area contributed by atoms with E-state index in [4.69, 9.17) is 9.90 Å². The maximum Gasteiger partial charge on any atom is 0.305 e. The highest BCUT2D eigenvalue weighted by molar-refractivity contribution is 5.68. The predicted molar refractivity (Wildman–Crippen MR) is 49.5 cm³/mol. The van der Waals surface area contributed by atoms with Crippen LogP contribution in [0.25, 0.3) is 0 Å². The van der Waals surface area contributed by atoms with Crippen molar-refractivity contribution >= 4 is 11.9 Å². The minimum Gasteiger partial charge on any atom is -0.481 e. The quantitative estimate of drug-likeness (QED) is 0.542. The molecule has 0 spiro atoms. The summed E-state index contributed by atoms with van der Waals surface area (Å²) in [6.45, 7) is 3.19. The van der Waals surface area contributed by atoms with Gasteiger partial charge in [0.2, 0.25) is 0 Å². The molecule has 0 aromatic rings. The average molecular weight is 190 g/mol. The largest absolute Gasteiger partial charge is 0.481 e. The lowest BCUT2D eigenvalue weighted by Gasteiger charge is -1.95. The van der Waals surface area contributed by atoms with Crippen molar-refractivity contribution in [2.24, 2.45) is 0 Å². The molecular weight excluding hydrogens is 172 g/mol. The first-order valence-electron chi connectivity index (χ1n) is 4.30. The molecule has 0 unspecified atom stereocenters. The highest BCUT2D eigenvalue weighted by Crippen LogP contribution is 1.98. The van der Waals surface area contributed by atoms with Gasteiger partial charge in [-0.05, 0) is 6.42 Å². The normalized spacial score (nSPS) is 8.23. The Labute approximate surface area is 78.9 Å². The van der Waals surface area contributed by atoms with Gasteiger partial charge in [0, 0.05) is 13.3 Å². The van der Waals surface area contributed by atoms with Crippen LogP contribution in [0.15, 0.2) is 0 Å². The number of hydrogen-bond donors (Lipinski definition) is 1. The molecule has 0 saturated carbocycles. The lowest BCUT2D eigenvalue weighted by atomic mass is 10.2. The molecule has 0 fully saturated rings. The highest BCUT2D eigenvalue weighted by Gasteiger charge is 1.96. The molecule has 0 rings (SSSR count). The molecule has 4 nitrogen and oxygen atoms in total. The van der Waals surface area contributed by atoms with E-state index in [1.54, 1.807) is 0 Å². The Bertz CT molecular complexity index is 139. The first kappa shape index (κ1) is 14.5. The van der Waals surface area contributed by atoms with Crippen LogP contribution in [0.5, 0.6) is 0 Å². The van der Waals surface area contributed by atoms with Crippen molar-refractivity contribution in [3.8, 4) is 0 Å². The third kappa shape index (κ3) is 24.8. The number of carboxylic acids is 1. The first-order chi connectivity index (χ1) is 6.04. The fourth-order valence-corrected chi connectivity index (χ4v) is 0.621. The van der Waals surface area contributed by atoms with Crippen molar-refractivity contribution in [2.75, 3.05) is 7.11 Å². The Kier molecular flexibility index (Phi) is 12.2. The summed E-state index contributed by atoms with van der Waals surface area (Å²) < 4.78 is 4.46. The Hall–Kier alpha value is -1.06. The van der Waals surface area contributed by atoms with Crippen molar-refractivity contribution in [2.45, 2.75) is 39.5 Å². The Morgan fingerprint density at radius 1 is 1.31 bits per heavy atom. The summed E-state index contributed by atoms with van der Waals surface area (Å²) in [4.78, 5) is 19.5. The molecule has 13 heavy (non-hydrogen) atoms. The van der Waals surface area contributed by atoms with Crippen LogP contribution < -0.4 is 0 Å². The van der Waals surface area contributed by atoms with E-state index in [1.165, 1.54) is 7.11 Å². The zero-order valence-electron chi connectivity index (χ0n) is 8.50. The van der Waals surface area contributed by atoms with E-state index < -0.39 is 5.97 Å². The summed E-state index contributed by atoms with van der Waals surface area (Å²) in [5.41, 5.74) is 0. The number of hydrogen-bond acceptors (Lipinski definition) is 3. The summed E-state index contributed by atoms with van der Waals surface area (Å²) in [7, 11) is 1.42. The second-order valence-corrected chi connectivity index (χ2v) is 2.55. The molecule has 1 N–H and O–H groups in total. The van der Waals surface area contributed by atoms with Crippen LogP contribution in [-0.4, -0.2) is 24.2 Å². The van der Waals surface area contributed by atoms with Gasteiger partial charge in [-0.15, -0.1) is 0 Å². The van der Waals surface area contributed by atoms with Crippen molar-refractivity contribution in [1.82, 2.24) is 0 Å². The smallest absolute Gasteiger partial charge is 0.305 e. The molecule has 0 aromatic carbocycles. The summed E-state index contributed by atoms with van der Waals surface area (Å²) in [6, 6.07) is 0. The number of methoxy groups -OCH3 is 1. The molecule has 0 aliphatic carbocycles. The molecule has 0 saturated heterocycles. The lowest BCUT2D eigenvalue weighted by molar-refractivity contribution is -0.140. The summed E-state index contributed by atoms with van der Waals surface area (Å²) in [6.07, 6.45) is 3.81. The molecule has 0 heterocycles. The lowest BCUT2D eigenvalue weighted by Crippen LogP contribution is -1.98. The van der Waals surface area contributed by atoms with E-state index in [0.29, 0.717) is 6.42 Å². The molecule has 0 aliphatic rings. The van der Waals surface area contributed by atoms with Crippen LogP contribution in [0.1, 0.15) is 39.5 Å². The molecule has 0 radical (unpaired) electrons. The van der Waals surface area contributed by atoms with Crippen LogP contribution in [0.4, 0.5) is 0 Å². The maximum atomic E-state index is 10.5. The van der Waals surface area contributed by atoms with Gasteiger partial charge in [0.25, 0.3) is 5.97 Å². The molecule has 0 aliphatic heterocycles. The van der Waals surface area contributed by atoms with E-state index in [9.17, 15) is 4.79 Å². The summed E-state index contributed by atoms with van der Waals surface area (Å²) >= 11 is 0. The fourth-order valence-electron chi connectivity index (χ4n) is 0.621. The van der Waals surface area contributed by atoms with Crippen LogP contribution in [0.3, 0.4) is 0 Å². The third-order valence-corrected chi connectivity index (χ3v) is 1.21. The number of carbonyl (C=O) groups excluding carboxylic acids is 1. The number of carboxylic acid groups (broad SMARTS) is 1. The standard InChI is InChI=1S/C7H14O2.C2H4O2/c1-3-4-5-6-7(8)9-2;1-2(3)4/h3-6H2,1-2H3;1H3,(H,3,4). The van der Waals surface area contributed by atoms with Gasteiger partial charge in [0.05, 0.1) is 7.11 Å². The van der Waals surface area contributed by atoms with E-state index in [2.05, 4.69) is 11.7 Å². The first-order valence-corrected chi connectivity index (χ1v) is 4.30.